The summed E-state index contributed by atoms with van der Waals surface area (Å²) >= 11 is 1.22. The Morgan fingerprint density at radius 2 is 1.57 bits per heavy atom. The Labute approximate surface area is 160 Å². The van der Waals surface area contributed by atoms with Gasteiger partial charge in [-0.25, -0.2) is 13.8 Å². The fourth-order valence-corrected chi connectivity index (χ4v) is 4.05. The van der Waals surface area contributed by atoms with Crippen molar-refractivity contribution in [1.82, 2.24) is 4.98 Å². The zero-order valence-corrected chi connectivity index (χ0v) is 14.8. The number of allylic oxidation sites excluding steroid dienone is 1. The van der Waals surface area contributed by atoms with Crippen LogP contribution in [0.5, 0.6) is 0 Å². The maximum absolute atomic E-state index is 13.9. The summed E-state index contributed by atoms with van der Waals surface area (Å²) in [4.78, 5) is 29.2. The van der Waals surface area contributed by atoms with Crippen LogP contribution in [0.1, 0.15) is 25.7 Å². The summed E-state index contributed by atoms with van der Waals surface area (Å²) in [7, 11) is 0. The summed E-state index contributed by atoms with van der Waals surface area (Å²) in [6, 6.07) is 13.0. The fourth-order valence-electron chi connectivity index (χ4n) is 3.18. The van der Waals surface area contributed by atoms with Gasteiger partial charge in [-0.05, 0) is 18.2 Å². The zero-order chi connectivity index (χ0) is 19.4. The number of nitrogens with zero attached hydrogens (tertiary/aromatic N) is 1. The number of Topliss-reactive ketones (excluding diaryl/α,β-unsaturated/α-hetero) is 2. The van der Waals surface area contributed by atoms with Crippen LogP contribution in [-0.2, 0) is 0 Å². The molecule has 0 aliphatic heterocycles. The lowest BCUT2D eigenvalue weighted by molar-refractivity contribution is 0.0989. The van der Waals surface area contributed by atoms with Crippen molar-refractivity contribution in [2.45, 2.75) is 0 Å². The summed E-state index contributed by atoms with van der Waals surface area (Å²) in [5.74, 6) is -2.86. The van der Waals surface area contributed by atoms with Crippen LogP contribution in [0.3, 0.4) is 0 Å². The van der Waals surface area contributed by atoms with Crippen molar-refractivity contribution < 1.29 is 22.8 Å². The second kappa shape index (κ2) is 6.03. The molecule has 0 bridgehead atoms. The number of furan rings is 1. The molecule has 0 N–H and O–H groups in total. The molecular weight excluding hydrogens is 384 g/mol. The Bertz CT molecular complexity index is 1240. The molecule has 4 nitrogen and oxygen atoms in total. The molecule has 0 fully saturated rings. The van der Waals surface area contributed by atoms with E-state index >= 15 is 0 Å². The van der Waals surface area contributed by atoms with E-state index in [0.29, 0.717) is 16.5 Å². The number of benzene rings is 2. The molecule has 0 spiro atoms. The number of hydrogen-bond donors (Lipinski definition) is 0. The van der Waals surface area contributed by atoms with E-state index in [-0.39, 0.29) is 5.57 Å². The first-order valence-electron chi connectivity index (χ1n) is 8.28. The van der Waals surface area contributed by atoms with Crippen LogP contribution in [0.25, 0.3) is 27.8 Å². The molecule has 28 heavy (non-hydrogen) atoms. The number of carbonyl (C=O) groups excluding carboxylic acids is 2. The highest BCUT2D eigenvalue weighted by atomic mass is 32.1. The van der Waals surface area contributed by atoms with Crippen LogP contribution in [0.15, 0.2) is 58.5 Å². The van der Waals surface area contributed by atoms with E-state index in [1.807, 2.05) is 36.4 Å². The van der Waals surface area contributed by atoms with E-state index in [9.17, 15) is 18.4 Å². The predicted octanol–water partition coefficient (Wildman–Crippen LogP) is 5.30. The summed E-state index contributed by atoms with van der Waals surface area (Å²) in [6.07, 6.45) is 1.26. The second-order valence-corrected chi connectivity index (χ2v) is 7.26. The molecule has 2 aromatic carbocycles. The van der Waals surface area contributed by atoms with Crippen molar-refractivity contribution in [3.05, 3.63) is 81.9 Å². The van der Waals surface area contributed by atoms with Crippen LogP contribution in [-0.4, -0.2) is 16.6 Å². The molecule has 0 amide bonds. The third-order valence-electron chi connectivity index (χ3n) is 4.48. The first-order valence-corrected chi connectivity index (χ1v) is 9.09. The van der Waals surface area contributed by atoms with Crippen molar-refractivity contribution >= 4 is 39.4 Å². The molecule has 1 aliphatic carbocycles. The largest absolute Gasteiger partial charge is 0.437 e. The molecule has 136 valence electrons. The number of carbonyl (C=O) groups is 2. The van der Waals surface area contributed by atoms with Gasteiger partial charge in [0.1, 0.15) is 22.4 Å². The number of thiazole rings is 1. The van der Waals surface area contributed by atoms with E-state index < -0.39 is 34.3 Å². The Morgan fingerprint density at radius 1 is 0.929 bits per heavy atom. The fraction of sp³-hybridized carbons (Fsp3) is 0. The average molecular weight is 393 g/mol. The lowest BCUT2D eigenvalue weighted by Crippen LogP contribution is -2.01. The van der Waals surface area contributed by atoms with Gasteiger partial charge in [0.25, 0.3) is 0 Å². The van der Waals surface area contributed by atoms with E-state index in [4.69, 9.17) is 4.42 Å². The van der Waals surface area contributed by atoms with Gasteiger partial charge >= 0.3 is 0 Å². The van der Waals surface area contributed by atoms with Crippen LogP contribution in [0.4, 0.5) is 8.78 Å². The van der Waals surface area contributed by atoms with E-state index in [1.165, 1.54) is 17.4 Å². The van der Waals surface area contributed by atoms with Gasteiger partial charge < -0.3 is 4.42 Å². The number of rotatable bonds is 2. The molecule has 5 rings (SSSR count). The SMILES string of the molecule is O=C1C(=Cc2nc3oc(-c4ccccc4)cc3s2)C(=O)c2c(F)ccc(F)c21. The van der Waals surface area contributed by atoms with Crippen molar-refractivity contribution in [2.75, 3.05) is 0 Å². The first-order chi connectivity index (χ1) is 13.5. The highest BCUT2D eigenvalue weighted by molar-refractivity contribution is 7.19. The van der Waals surface area contributed by atoms with Gasteiger partial charge in [-0.1, -0.05) is 30.3 Å². The normalized spacial score (nSPS) is 13.4. The molecule has 2 heterocycles. The molecule has 0 unspecified atom stereocenters. The average Bonchev–Trinajstić information content (AvgIpc) is 3.32. The van der Waals surface area contributed by atoms with Gasteiger partial charge in [0.05, 0.1) is 21.4 Å². The molecule has 4 aromatic rings. The van der Waals surface area contributed by atoms with Gasteiger partial charge in [0.15, 0.2) is 0 Å². The Balaban J connectivity index is 1.55. The van der Waals surface area contributed by atoms with E-state index in [0.717, 1.165) is 22.4 Å². The minimum absolute atomic E-state index is 0.307. The number of ketones is 2. The molecule has 0 saturated carbocycles. The standard InChI is InChI=1S/C21H9F2NO3S/c22-12-6-7-13(23)18-17(12)19(25)11(20(18)26)8-16-24-21-15(28-16)9-14(27-21)10-4-2-1-3-5-10/h1-9H. The first kappa shape index (κ1) is 16.7. The summed E-state index contributed by atoms with van der Waals surface area (Å²) in [6.45, 7) is 0. The van der Waals surface area contributed by atoms with Crippen LogP contribution in [0.2, 0.25) is 0 Å². The van der Waals surface area contributed by atoms with Crippen LogP contribution in [0, 0.1) is 11.6 Å². The number of halogens is 2. The van der Waals surface area contributed by atoms with E-state index in [1.54, 1.807) is 0 Å². The van der Waals surface area contributed by atoms with Gasteiger partial charge in [0.2, 0.25) is 17.3 Å². The maximum atomic E-state index is 13.9. The summed E-state index contributed by atoms with van der Waals surface area (Å²) in [5.41, 5.74) is -0.0944. The summed E-state index contributed by atoms with van der Waals surface area (Å²) in [5, 5.41) is 0.346. The smallest absolute Gasteiger partial charge is 0.238 e. The highest BCUT2D eigenvalue weighted by Crippen LogP contribution is 2.35. The van der Waals surface area contributed by atoms with Gasteiger partial charge in [0, 0.05) is 11.6 Å². The lowest BCUT2D eigenvalue weighted by atomic mass is 10.1. The monoisotopic (exact) mass is 393 g/mol. The molecule has 1 aliphatic rings. The zero-order valence-electron chi connectivity index (χ0n) is 14.0. The quantitative estimate of drug-likeness (QED) is 0.343. The summed E-state index contributed by atoms with van der Waals surface area (Å²) < 4.78 is 34.3. The minimum atomic E-state index is -0.918. The Hall–Kier alpha value is -3.45. The molecule has 0 atom stereocenters. The van der Waals surface area contributed by atoms with Gasteiger partial charge in [-0.15, -0.1) is 11.3 Å². The van der Waals surface area contributed by atoms with Crippen molar-refractivity contribution in [3.63, 3.8) is 0 Å². The van der Waals surface area contributed by atoms with Crippen LogP contribution >= 0.6 is 11.3 Å². The minimum Gasteiger partial charge on any atom is -0.437 e. The lowest BCUT2D eigenvalue weighted by Gasteiger charge is -1.97. The van der Waals surface area contributed by atoms with Crippen molar-refractivity contribution in [2.24, 2.45) is 0 Å². The molecule has 7 heteroatoms. The maximum Gasteiger partial charge on any atom is 0.238 e. The van der Waals surface area contributed by atoms with E-state index in [2.05, 4.69) is 4.98 Å². The van der Waals surface area contributed by atoms with Crippen LogP contribution < -0.4 is 0 Å². The topological polar surface area (TPSA) is 60.2 Å². The third kappa shape index (κ3) is 2.44. The Morgan fingerprint density at radius 3 is 2.18 bits per heavy atom. The van der Waals surface area contributed by atoms with Gasteiger partial charge in [-0.3, -0.25) is 9.59 Å². The highest BCUT2D eigenvalue weighted by Gasteiger charge is 2.38. The number of fused-ring (bicyclic) bond motifs is 2. The second-order valence-electron chi connectivity index (χ2n) is 6.19. The molecule has 0 radical (unpaired) electrons. The predicted molar refractivity (Wildman–Crippen MR) is 100 cm³/mol. The molecular formula is C21H9F2NO3S. The van der Waals surface area contributed by atoms with Gasteiger partial charge in [-0.2, -0.15) is 0 Å². The number of aromatic nitrogens is 1. The van der Waals surface area contributed by atoms with Crippen molar-refractivity contribution in [3.8, 4) is 11.3 Å². The Kier molecular flexibility index (Phi) is 3.60. The molecule has 2 aromatic heterocycles. The number of hydrogen-bond acceptors (Lipinski definition) is 5. The molecule has 0 saturated heterocycles. The van der Waals surface area contributed by atoms with Crippen molar-refractivity contribution in [1.29, 1.82) is 0 Å². The third-order valence-corrected chi connectivity index (χ3v) is 5.41.